The fourth-order valence-electron chi connectivity index (χ4n) is 6.88. The van der Waals surface area contributed by atoms with Crippen molar-refractivity contribution in [3.63, 3.8) is 0 Å². The number of nitrogens with zero attached hydrogens (tertiary/aromatic N) is 1. The monoisotopic (exact) mass is 339 g/mol. The first kappa shape index (κ1) is 15.0. The van der Waals surface area contributed by atoms with Crippen LogP contribution in [0.15, 0.2) is 12.1 Å². The Morgan fingerprint density at radius 3 is 2.88 bits per heavy atom. The van der Waals surface area contributed by atoms with Crippen LogP contribution in [0.4, 0.5) is 0 Å². The maximum Gasteiger partial charge on any atom is 0.126 e. The molecule has 3 aliphatic carbocycles. The predicted molar refractivity (Wildman–Crippen MR) is 97.0 cm³/mol. The van der Waals surface area contributed by atoms with Crippen LogP contribution in [0.1, 0.15) is 55.7 Å². The minimum absolute atomic E-state index is 0.159. The summed E-state index contributed by atoms with van der Waals surface area (Å²) in [5.74, 6) is 2.52. The second-order valence-electron chi connectivity index (χ2n) is 9.60. The van der Waals surface area contributed by atoms with Crippen molar-refractivity contribution in [2.45, 2.75) is 75.5 Å². The minimum atomic E-state index is -0.608. The summed E-state index contributed by atoms with van der Waals surface area (Å²) < 4.78 is 6.64. The van der Waals surface area contributed by atoms with Crippen LogP contribution in [-0.4, -0.2) is 40.8 Å². The second kappa shape index (κ2) is 4.61. The Kier molecular flexibility index (Phi) is 2.77. The summed E-state index contributed by atoms with van der Waals surface area (Å²) in [5.41, 5.74) is 3.32. The van der Waals surface area contributed by atoms with Gasteiger partial charge in [-0.25, -0.2) is 0 Å². The molecule has 3 nitrogen and oxygen atoms in total. The molecule has 6 rings (SSSR count). The molecule has 1 unspecified atom stereocenters. The van der Waals surface area contributed by atoms with E-state index in [1.165, 1.54) is 36.1 Å². The third-order valence-corrected chi connectivity index (χ3v) is 8.28. The number of benzene rings is 1. The molecule has 0 radical (unpaired) electrons. The van der Waals surface area contributed by atoms with Gasteiger partial charge in [0.2, 0.25) is 0 Å². The summed E-state index contributed by atoms with van der Waals surface area (Å²) in [5, 5.41) is 12.2. The van der Waals surface area contributed by atoms with E-state index in [4.69, 9.17) is 4.74 Å². The topological polar surface area (TPSA) is 32.7 Å². The summed E-state index contributed by atoms with van der Waals surface area (Å²) in [7, 11) is 0. The first-order valence-electron chi connectivity index (χ1n) is 10.3. The van der Waals surface area contributed by atoms with Gasteiger partial charge in [-0.2, -0.15) is 0 Å². The van der Waals surface area contributed by atoms with Gasteiger partial charge in [0.05, 0.1) is 11.0 Å². The van der Waals surface area contributed by atoms with E-state index in [1.807, 2.05) is 0 Å². The third kappa shape index (κ3) is 1.66. The molecule has 2 bridgehead atoms. The van der Waals surface area contributed by atoms with Crippen LogP contribution in [-0.2, 0) is 11.8 Å². The molecular weight excluding hydrogens is 310 g/mol. The molecule has 5 aliphatic rings. The largest absolute Gasteiger partial charge is 0.489 e. The average molecular weight is 339 g/mol. The van der Waals surface area contributed by atoms with Crippen molar-refractivity contribution in [3.8, 4) is 5.75 Å². The molecule has 134 valence electrons. The van der Waals surface area contributed by atoms with Crippen molar-refractivity contribution < 1.29 is 9.84 Å². The van der Waals surface area contributed by atoms with Gasteiger partial charge in [-0.15, -0.1) is 0 Å². The molecule has 1 aromatic rings. The Morgan fingerprint density at radius 2 is 2.08 bits per heavy atom. The molecule has 1 aromatic carbocycles. The quantitative estimate of drug-likeness (QED) is 0.898. The van der Waals surface area contributed by atoms with E-state index in [1.54, 1.807) is 0 Å². The molecule has 0 amide bonds. The maximum absolute atomic E-state index is 12.2. The van der Waals surface area contributed by atoms with Crippen molar-refractivity contribution in [3.05, 3.63) is 28.8 Å². The lowest BCUT2D eigenvalue weighted by atomic mass is 9.47. The van der Waals surface area contributed by atoms with Crippen LogP contribution in [0.25, 0.3) is 0 Å². The minimum Gasteiger partial charge on any atom is -0.489 e. The van der Waals surface area contributed by atoms with Crippen molar-refractivity contribution in [1.29, 1.82) is 0 Å². The fourth-order valence-corrected chi connectivity index (χ4v) is 6.88. The zero-order valence-electron chi connectivity index (χ0n) is 15.4. The van der Waals surface area contributed by atoms with Crippen molar-refractivity contribution in [2.75, 3.05) is 13.1 Å². The number of likely N-dealkylation sites (tertiary alicyclic amines) is 1. The molecule has 1 saturated heterocycles. The number of ether oxygens (including phenoxy) is 1. The van der Waals surface area contributed by atoms with Crippen LogP contribution >= 0.6 is 0 Å². The number of hydrogen-bond donors (Lipinski definition) is 1. The number of aliphatic hydroxyl groups is 1. The van der Waals surface area contributed by atoms with E-state index in [0.717, 1.165) is 43.9 Å². The van der Waals surface area contributed by atoms with Gasteiger partial charge < -0.3 is 9.84 Å². The lowest BCUT2D eigenvalue weighted by Gasteiger charge is -2.64. The predicted octanol–water partition coefficient (Wildman–Crippen LogP) is 3.20. The Balaban J connectivity index is 1.57. The Bertz CT molecular complexity index is 757. The van der Waals surface area contributed by atoms with Crippen LogP contribution in [0.5, 0.6) is 5.75 Å². The van der Waals surface area contributed by atoms with Gasteiger partial charge in [0, 0.05) is 18.2 Å². The lowest BCUT2D eigenvalue weighted by molar-refractivity contribution is -0.196. The van der Waals surface area contributed by atoms with Crippen LogP contribution in [0.3, 0.4) is 0 Å². The molecule has 2 saturated carbocycles. The molecule has 5 atom stereocenters. The summed E-state index contributed by atoms with van der Waals surface area (Å²) >= 11 is 0. The SMILES string of the molecule is Cc1ccc2c3c1OC1[C@H](C)CC[C@@]4(O)[C@@H](C2)N(CC2CC2)CC[C@]314. The van der Waals surface area contributed by atoms with E-state index in [-0.39, 0.29) is 17.6 Å². The Labute approximate surface area is 150 Å². The van der Waals surface area contributed by atoms with Crippen LogP contribution in [0, 0.1) is 18.8 Å². The third-order valence-electron chi connectivity index (χ3n) is 8.28. The Hall–Kier alpha value is -1.06. The number of aryl methyl sites for hydroxylation is 1. The van der Waals surface area contributed by atoms with Gasteiger partial charge in [0.25, 0.3) is 0 Å². The highest BCUT2D eigenvalue weighted by Gasteiger charge is 2.72. The number of hydrogen-bond acceptors (Lipinski definition) is 3. The average Bonchev–Trinajstić information content (AvgIpc) is 3.32. The highest BCUT2D eigenvalue weighted by molar-refractivity contribution is 5.60. The highest BCUT2D eigenvalue weighted by atomic mass is 16.5. The standard InChI is InChI=1S/C22H29NO2/c1-13-3-6-16-11-17-22(24)8-7-14(2)20-21(22,18(16)19(13)25-20)9-10-23(17)12-15-4-5-15/h3,6,14-15,17,20,24H,4-5,7-12H2,1-2H3/t14-,17-,20?,21+,22-/m1/s1. The molecule has 3 heteroatoms. The maximum atomic E-state index is 12.2. The molecule has 0 aromatic heterocycles. The molecule has 2 heterocycles. The van der Waals surface area contributed by atoms with Crippen LogP contribution < -0.4 is 4.74 Å². The number of rotatable bonds is 2. The van der Waals surface area contributed by atoms with Gasteiger partial charge in [-0.1, -0.05) is 19.1 Å². The summed E-state index contributed by atoms with van der Waals surface area (Å²) in [6.45, 7) is 6.82. The molecule has 25 heavy (non-hydrogen) atoms. The molecule has 2 aliphatic heterocycles. The van der Waals surface area contributed by atoms with E-state index in [9.17, 15) is 5.11 Å². The van der Waals surface area contributed by atoms with E-state index >= 15 is 0 Å². The van der Waals surface area contributed by atoms with Crippen molar-refractivity contribution in [1.82, 2.24) is 4.90 Å². The first-order chi connectivity index (χ1) is 12.0. The van der Waals surface area contributed by atoms with Crippen LogP contribution in [0.2, 0.25) is 0 Å². The molecule has 3 fully saturated rings. The van der Waals surface area contributed by atoms with Gasteiger partial charge in [0.1, 0.15) is 11.9 Å². The summed E-state index contributed by atoms with van der Waals surface area (Å²) in [4.78, 5) is 2.65. The van der Waals surface area contributed by atoms with Gasteiger partial charge in [-0.05, 0) is 75.0 Å². The lowest BCUT2D eigenvalue weighted by Crippen LogP contribution is -2.76. The highest BCUT2D eigenvalue weighted by Crippen LogP contribution is 2.65. The zero-order chi connectivity index (χ0) is 17.0. The number of piperidine rings is 1. The van der Waals surface area contributed by atoms with E-state index in [0.29, 0.717) is 5.92 Å². The summed E-state index contributed by atoms with van der Waals surface area (Å²) in [6, 6.07) is 4.84. The zero-order valence-corrected chi connectivity index (χ0v) is 15.4. The van der Waals surface area contributed by atoms with Crippen molar-refractivity contribution in [2.24, 2.45) is 11.8 Å². The second-order valence-corrected chi connectivity index (χ2v) is 9.60. The Morgan fingerprint density at radius 1 is 1.24 bits per heavy atom. The molecular formula is C22H29NO2. The van der Waals surface area contributed by atoms with Gasteiger partial charge >= 0.3 is 0 Å². The first-order valence-corrected chi connectivity index (χ1v) is 10.3. The molecule has 1 spiro atoms. The summed E-state index contributed by atoms with van der Waals surface area (Å²) in [6.07, 6.45) is 7.01. The fraction of sp³-hybridized carbons (Fsp3) is 0.727. The van der Waals surface area contributed by atoms with E-state index < -0.39 is 5.60 Å². The van der Waals surface area contributed by atoms with E-state index in [2.05, 4.69) is 30.9 Å². The van der Waals surface area contributed by atoms with Gasteiger partial charge in [0.15, 0.2) is 0 Å². The smallest absolute Gasteiger partial charge is 0.126 e. The molecule has 1 N–H and O–H groups in total. The van der Waals surface area contributed by atoms with Gasteiger partial charge in [-0.3, -0.25) is 4.90 Å². The normalized spacial score (nSPS) is 44.4. The van der Waals surface area contributed by atoms with Crippen molar-refractivity contribution >= 4 is 0 Å².